The van der Waals surface area contributed by atoms with Gasteiger partial charge in [-0.15, -0.1) is 0 Å². The predicted molar refractivity (Wildman–Crippen MR) is 76.3 cm³/mol. The van der Waals surface area contributed by atoms with Crippen molar-refractivity contribution in [2.75, 3.05) is 5.75 Å². The van der Waals surface area contributed by atoms with Crippen LogP contribution in [-0.4, -0.2) is 16.1 Å². The van der Waals surface area contributed by atoms with Gasteiger partial charge in [-0.05, 0) is 30.7 Å². The summed E-state index contributed by atoms with van der Waals surface area (Å²) in [6, 6.07) is 7.58. The molecule has 2 atom stereocenters. The van der Waals surface area contributed by atoms with Crippen molar-refractivity contribution in [2.24, 2.45) is 0 Å². The van der Waals surface area contributed by atoms with Gasteiger partial charge in [0, 0.05) is 10.6 Å². The number of aliphatic hydroxyl groups is 1. The maximum Gasteiger partial charge on any atom is 0.153 e. The van der Waals surface area contributed by atoms with Gasteiger partial charge in [0.15, 0.2) is 5.58 Å². The molecule has 2 heterocycles. The summed E-state index contributed by atoms with van der Waals surface area (Å²) in [6.45, 7) is 2.05. The summed E-state index contributed by atoms with van der Waals surface area (Å²) in [5.74, 6) is 1.75. The molecule has 0 bridgehead atoms. The van der Waals surface area contributed by atoms with Gasteiger partial charge in [-0.1, -0.05) is 30.7 Å². The zero-order valence-electron chi connectivity index (χ0n) is 10.1. The van der Waals surface area contributed by atoms with Crippen molar-refractivity contribution in [3.05, 3.63) is 35.0 Å². The molecular weight excluding hydrogens is 268 g/mol. The topological polar surface area (TPSA) is 33.4 Å². The highest BCUT2D eigenvalue weighted by Gasteiger charge is 2.41. The summed E-state index contributed by atoms with van der Waals surface area (Å²) in [5, 5.41) is 12.5. The van der Waals surface area contributed by atoms with Crippen molar-refractivity contribution in [1.29, 1.82) is 0 Å². The molecule has 1 aliphatic heterocycles. The van der Waals surface area contributed by atoms with Crippen LogP contribution in [0.4, 0.5) is 0 Å². The Kier molecular flexibility index (Phi) is 3.08. The largest absolute Gasteiger partial charge is 0.456 e. The minimum Gasteiger partial charge on any atom is -0.456 e. The fourth-order valence-corrected chi connectivity index (χ4v) is 3.90. The van der Waals surface area contributed by atoms with Crippen LogP contribution in [0.3, 0.4) is 0 Å². The lowest BCUT2D eigenvalue weighted by atomic mass is 9.91. The van der Waals surface area contributed by atoms with E-state index in [1.807, 2.05) is 18.2 Å². The number of furan rings is 1. The Balaban J connectivity index is 2.11. The minimum absolute atomic E-state index is 0.144. The normalized spacial score (nSPS) is 28.7. The molecule has 0 spiro atoms. The average molecular weight is 283 g/mol. The van der Waals surface area contributed by atoms with Gasteiger partial charge in [-0.2, -0.15) is 11.8 Å². The lowest BCUT2D eigenvalue weighted by Gasteiger charge is -2.35. The number of thioether (sulfide) groups is 1. The summed E-state index contributed by atoms with van der Waals surface area (Å²) in [7, 11) is 0. The minimum atomic E-state index is -0.870. The fraction of sp³-hybridized carbons (Fsp3) is 0.429. The third-order valence-electron chi connectivity index (χ3n) is 3.67. The smallest absolute Gasteiger partial charge is 0.153 e. The Morgan fingerprint density at radius 1 is 1.50 bits per heavy atom. The highest BCUT2D eigenvalue weighted by atomic mass is 35.5. The zero-order valence-corrected chi connectivity index (χ0v) is 11.7. The van der Waals surface area contributed by atoms with Crippen LogP contribution in [0.2, 0.25) is 5.02 Å². The van der Waals surface area contributed by atoms with Gasteiger partial charge < -0.3 is 9.52 Å². The zero-order chi connectivity index (χ0) is 12.8. The van der Waals surface area contributed by atoms with Gasteiger partial charge in [0.05, 0.1) is 5.02 Å². The van der Waals surface area contributed by atoms with Crippen LogP contribution in [0.15, 0.2) is 28.7 Å². The van der Waals surface area contributed by atoms with Crippen molar-refractivity contribution in [3.8, 4) is 0 Å². The van der Waals surface area contributed by atoms with Crippen LogP contribution in [0.5, 0.6) is 0 Å². The Morgan fingerprint density at radius 3 is 3.06 bits per heavy atom. The van der Waals surface area contributed by atoms with Crippen molar-refractivity contribution in [1.82, 2.24) is 0 Å². The Bertz CT molecular complexity index is 580. The molecular formula is C14H15ClO2S. The summed E-state index contributed by atoms with van der Waals surface area (Å²) < 4.78 is 5.82. The molecule has 96 valence electrons. The fourth-order valence-electron chi connectivity index (χ4n) is 2.51. The average Bonchev–Trinajstić information content (AvgIpc) is 2.79. The second kappa shape index (κ2) is 4.48. The van der Waals surface area contributed by atoms with Crippen LogP contribution in [0, 0.1) is 0 Å². The maximum atomic E-state index is 10.8. The molecule has 18 heavy (non-hydrogen) atoms. The monoisotopic (exact) mass is 282 g/mol. The molecule has 3 rings (SSSR count). The third-order valence-corrected chi connectivity index (χ3v) is 5.38. The van der Waals surface area contributed by atoms with E-state index in [9.17, 15) is 5.11 Å². The molecule has 1 aliphatic rings. The van der Waals surface area contributed by atoms with Gasteiger partial charge >= 0.3 is 0 Å². The number of benzene rings is 1. The summed E-state index contributed by atoms with van der Waals surface area (Å²) in [5.41, 5.74) is -0.198. The molecule has 0 aliphatic carbocycles. The highest BCUT2D eigenvalue weighted by molar-refractivity contribution is 8.00. The van der Waals surface area contributed by atoms with Crippen LogP contribution in [0.1, 0.15) is 25.5 Å². The van der Waals surface area contributed by atoms with E-state index >= 15 is 0 Å². The molecule has 0 amide bonds. The predicted octanol–water partition coefficient (Wildman–Crippen LogP) is 4.19. The van der Waals surface area contributed by atoms with E-state index in [0.29, 0.717) is 16.4 Å². The van der Waals surface area contributed by atoms with E-state index in [4.69, 9.17) is 16.0 Å². The van der Waals surface area contributed by atoms with Crippen LogP contribution >= 0.6 is 23.4 Å². The first kappa shape index (κ1) is 12.4. The maximum absolute atomic E-state index is 10.8. The molecule has 0 radical (unpaired) electrons. The Labute approximate surface area is 115 Å². The molecule has 1 fully saturated rings. The van der Waals surface area contributed by atoms with E-state index in [0.717, 1.165) is 24.0 Å². The van der Waals surface area contributed by atoms with Crippen molar-refractivity contribution < 1.29 is 9.52 Å². The number of fused-ring (bicyclic) bond motifs is 1. The number of hydrogen-bond acceptors (Lipinski definition) is 3. The van der Waals surface area contributed by atoms with E-state index < -0.39 is 5.60 Å². The first-order valence-electron chi connectivity index (χ1n) is 6.14. The van der Waals surface area contributed by atoms with Crippen LogP contribution in [0.25, 0.3) is 11.0 Å². The first-order chi connectivity index (χ1) is 8.61. The van der Waals surface area contributed by atoms with Crippen LogP contribution < -0.4 is 0 Å². The second-order valence-corrected chi connectivity index (χ2v) is 6.67. The van der Waals surface area contributed by atoms with E-state index in [1.165, 1.54) is 0 Å². The van der Waals surface area contributed by atoms with Gasteiger partial charge in [0.2, 0.25) is 0 Å². The highest BCUT2D eigenvalue weighted by Crippen LogP contribution is 2.43. The molecule has 1 aromatic heterocycles. The molecule has 1 saturated heterocycles. The molecule has 2 aromatic rings. The lowest BCUT2D eigenvalue weighted by molar-refractivity contribution is 0.00576. The molecule has 1 N–H and O–H groups in total. The number of hydrogen-bond donors (Lipinski definition) is 1. The van der Waals surface area contributed by atoms with Gasteiger partial charge in [0.1, 0.15) is 11.4 Å². The number of halogens is 1. The van der Waals surface area contributed by atoms with Gasteiger partial charge in [0.25, 0.3) is 0 Å². The second-order valence-electron chi connectivity index (χ2n) is 4.81. The quantitative estimate of drug-likeness (QED) is 0.851. The number of rotatable bonds is 1. The summed E-state index contributed by atoms with van der Waals surface area (Å²) in [4.78, 5) is 0. The van der Waals surface area contributed by atoms with Crippen molar-refractivity contribution in [3.63, 3.8) is 0 Å². The van der Waals surface area contributed by atoms with E-state index in [1.54, 1.807) is 17.8 Å². The lowest BCUT2D eigenvalue weighted by Crippen LogP contribution is -2.38. The molecule has 4 heteroatoms. The molecule has 2 unspecified atom stereocenters. The number of para-hydroxylation sites is 1. The summed E-state index contributed by atoms with van der Waals surface area (Å²) in [6.07, 6.45) is 1.76. The van der Waals surface area contributed by atoms with Gasteiger partial charge in [-0.3, -0.25) is 0 Å². The molecule has 2 nitrogen and oxygen atoms in total. The molecule has 1 aromatic carbocycles. The Hall–Kier alpha value is -0.640. The summed E-state index contributed by atoms with van der Waals surface area (Å²) >= 11 is 7.90. The SMILES string of the molecule is CC1SCCCC1(O)c1cc2cccc(Cl)c2o1. The Morgan fingerprint density at radius 2 is 2.33 bits per heavy atom. The van der Waals surface area contributed by atoms with Crippen molar-refractivity contribution >= 4 is 34.3 Å². The van der Waals surface area contributed by atoms with E-state index in [-0.39, 0.29) is 5.25 Å². The van der Waals surface area contributed by atoms with Crippen LogP contribution in [-0.2, 0) is 5.60 Å². The first-order valence-corrected chi connectivity index (χ1v) is 7.56. The molecule has 0 saturated carbocycles. The van der Waals surface area contributed by atoms with E-state index in [2.05, 4.69) is 6.92 Å². The third kappa shape index (κ3) is 1.85. The van der Waals surface area contributed by atoms with Crippen molar-refractivity contribution in [2.45, 2.75) is 30.6 Å². The van der Waals surface area contributed by atoms with Gasteiger partial charge in [-0.25, -0.2) is 0 Å². The standard InChI is InChI=1S/C14H15ClO2S/c1-9-14(16,6-3-7-18-9)12-8-10-4-2-5-11(15)13(10)17-12/h2,4-5,8-9,16H,3,6-7H2,1H3.